The van der Waals surface area contributed by atoms with E-state index in [2.05, 4.69) is 5.32 Å². The maximum atomic E-state index is 13.4. The van der Waals surface area contributed by atoms with E-state index in [4.69, 9.17) is 5.26 Å². The molecule has 0 saturated carbocycles. The molecule has 0 aromatic heterocycles. The number of hydrogen-bond donors (Lipinski definition) is 2. The lowest BCUT2D eigenvalue weighted by atomic mass is 10.1. The van der Waals surface area contributed by atoms with Gasteiger partial charge in [-0.25, -0.2) is 13.2 Å². The van der Waals surface area contributed by atoms with Crippen LogP contribution >= 0.6 is 0 Å². The average Bonchev–Trinajstić information content (AvgIpc) is 2.65. The Morgan fingerprint density at radius 3 is 2.54 bits per heavy atom. The lowest BCUT2D eigenvalue weighted by Gasteiger charge is -2.07. The zero-order valence-electron chi connectivity index (χ0n) is 13.2. The van der Waals surface area contributed by atoms with Gasteiger partial charge in [0.05, 0.1) is 23.9 Å². The van der Waals surface area contributed by atoms with Gasteiger partial charge in [0.1, 0.15) is 0 Å². The lowest BCUT2D eigenvalue weighted by Crippen LogP contribution is -2.32. The van der Waals surface area contributed by atoms with Gasteiger partial charge in [0, 0.05) is 6.08 Å². The second kappa shape index (κ2) is 8.48. The molecular weight excluding hydrogens is 347 g/mol. The van der Waals surface area contributed by atoms with Gasteiger partial charge in [-0.05, 0) is 29.8 Å². The number of amides is 2. The minimum atomic E-state index is -1.70. The van der Waals surface area contributed by atoms with Crippen molar-refractivity contribution in [2.24, 2.45) is 0 Å². The largest absolute Gasteiger partial charge is 0.343 e. The summed E-state index contributed by atoms with van der Waals surface area (Å²) in [6.07, 6.45) is 2.53. The number of rotatable bonds is 5. The van der Waals surface area contributed by atoms with Gasteiger partial charge in [0.25, 0.3) is 0 Å². The van der Waals surface area contributed by atoms with E-state index in [9.17, 15) is 22.8 Å². The fourth-order valence-corrected chi connectivity index (χ4v) is 1.95. The van der Waals surface area contributed by atoms with Crippen LogP contribution in [0.5, 0.6) is 0 Å². The summed E-state index contributed by atoms with van der Waals surface area (Å²) in [5, 5.41) is 13.2. The molecule has 0 aliphatic heterocycles. The second-order valence-corrected chi connectivity index (χ2v) is 5.02. The van der Waals surface area contributed by atoms with Crippen LogP contribution in [-0.4, -0.2) is 18.4 Å². The molecule has 2 rings (SSSR count). The molecule has 0 spiro atoms. The summed E-state index contributed by atoms with van der Waals surface area (Å²) in [5.41, 5.74) is 0.364. The number of carbonyl (C=O) groups excluding carboxylic acids is 2. The Bertz CT molecular complexity index is 920. The van der Waals surface area contributed by atoms with E-state index < -0.39 is 41.5 Å². The molecule has 2 N–H and O–H groups in total. The summed E-state index contributed by atoms with van der Waals surface area (Å²) in [4.78, 5) is 23.4. The fourth-order valence-electron chi connectivity index (χ4n) is 1.95. The van der Waals surface area contributed by atoms with Gasteiger partial charge >= 0.3 is 0 Å². The van der Waals surface area contributed by atoms with Gasteiger partial charge in [0.2, 0.25) is 11.8 Å². The standard InChI is InChI=1S/C18H12F3N3O2/c19-13-6-7-14(18(21)17(13)20)24-16(26)10-23-15(25)8-5-11-3-1-2-4-12(11)9-22/h1-8H,10H2,(H,23,25)(H,24,26)/b8-5+. The number of carbonyl (C=O) groups is 2. The Morgan fingerprint density at radius 1 is 1.08 bits per heavy atom. The van der Waals surface area contributed by atoms with Crippen molar-refractivity contribution < 1.29 is 22.8 Å². The molecule has 0 saturated heterocycles. The summed E-state index contributed by atoms with van der Waals surface area (Å²) < 4.78 is 39.3. The first-order valence-corrected chi connectivity index (χ1v) is 7.30. The van der Waals surface area contributed by atoms with Gasteiger partial charge in [0.15, 0.2) is 17.5 Å². The molecule has 0 heterocycles. The Balaban J connectivity index is 1.91. The van der Waals surface area contributed by atoms with Crippen LogP contribution in [0, 0.1) is 28.8 Å². The molecule has 2 amide bonds. The van der Waals surface area contributed by atoms with Crippen molar-refractivity contribution in [1.82, 2.24) is 5.32 Å². The van der Waals surface area contributed by atoms with Gasteiger partial charge < -0.3 is 10.6 Å². The highest BCUT2D eigenvalue weighted by Gasteiger charge is 2.15. The molecule has 0 aliphatic carbocycles. The zero-order valence-corrected chi connectivity index (χ0v) is 13.2. The Morgan fingerprint density at radius 2 is 1.81 bits per heavy atom. The molecule has 8 heteroatoms. The molecule has 0 unspecified atom stereocenters. The minimum Gasteiger partial charge on any atom is -0.343 e. The van der Waals surface area contributed by atoms with E-state index in [1.54, 1.807) is 24.3 Å². The molecule has 2 aromatic rings. The van der Waals surface area contributed by atoms with Crippen molar-refractivity contribution in [3.05, 3.63) is 71.1 Å². The third-order valence-electron chi connectivity index (χ3n) is 3.23. The summed E-state index contributed by atoms with van der Waals surface area (Å²) >= 11 is 0. The predicted molar refractivity (Wildman–Crippen MR) is 88.1 cm³/mol. The van der Waals surface area contributed by atoms with Crippen LogP contribution in [0.4, 0.5) is 18.9 Å². The molecule has 132 valence electrons. The fraction of sp³-hybridized carbons (Fsp3) is 0.0556. The first-order valence-electron chi connectivity index (χ1n) is 7.30. The SMILES string of the molecule is N#Cc1ccccc1/C=C/C(=O)NCC(=O)Nc1ccc(F)c(F)c1F. The smallest absolute Gasteiger partial charge is 0.244 e. The highest BCUT2D eigenvalue weighted by atomic mass is 19.2. The van der Waals surface area contributed by atoms with E-state index >= 15 is 0 Å². The average molecular weight is 359 g/mol. The Hall–Kier alpha value is -3.60. The zero-order chi connectivity index (χ0) is 19.1. The van der Waals surface area contributed by atoms with Gasteiger partial charge in [-0.15, -0.1) is 0 Å². The van der Waals surface area contributed by atoms with E-state index in [1.165, 1.54) is 6.08 Å². The molecule has 0 bridgehead atoms. The Kier molecular flexibility index (Phi) is 6.11. The molecule has 2 aromatic carbocycles. The lowest BCUT2D eigenvalue weighted by molar-refractivity contribution is -0.121. The number of nitrogens with zero attached hydrogens (tertiary/aromatic N) is 1. The number of nitrogens with one attached hydrogen (secondary N) is 2. The van der Waals surface area contributed by atoms with Crippen molar-refractivity contribution in [3.8, 4) is 6.07 Å². The van der Waals surface area contributed by atoms with E-state index in [-0.39, 0.29) is 0 Å². The topological polar surface area (TPSA) is 82.0 Å². The van der Waals surface area contributed by atoms with Crippen LogP contribution in [0.25, 0.3) is 6.08 Å². The number of halogens is 3. The summed E-state index contributed by atoms with van der Waals surface area (Å²) in [5.74, 6) is -6.06. The number of nitriles is 1. The molecule has 5 nitrogen and oxygen atoms in total. The van der Waals surface area contributed by atoms with E-state index in [0.29, 0.717) is 17.2 Å². The maximum absolute atomic E-state index is 13.4. The highest BCUT2D eigenvalue weighted by Crippen LogP contribution is 2.19. The van der Waals surface area contributed by atoms with Crippen LogP contribution in [-0.2, 0) is 9.59 Å². The predicted octanol–water partition coefficient (Wildman–Crippen LogP) is 2.74. The van der Waals surface area contributed by atoms with Crippen molar-refractivity contribution in [3.63, 3.8) is 0 Å². The van der Waals surface area contributed by atoms with Crippen molar-refractivity contribution in [2.75, 3.05) is 11.9 Å². The molecular formula is C18H12F3N3O2. The first kappa shape index (κ1) is 18.7. The van der Waals surface area contributed by atoms with Gasteiger partial charge in [-0.3, -0.25) is 9.59 Å². The van der Waals surface area contributed by atoms with Crippen molar-refractivity contribution in [2.45, 2.75) is 0 Å². The molecule has 0 fully saturated rings. The Labute approximate surface area is 146 Å². The molecule has 26 heavy (non-hydrogen) atoms. The second-order valence-electron chi connectivity index (χ2n) is 5.02. The van der Waals surface area contributed by atoms with Crippen LogP contribution in [0.15, 0.2) is 42.5 Å². The first-order chi connectivity index (χ1) is 12.4. The summed E-state index contributed by atoms with van der Waals surface area (Å²) in [6, 6.07) is 10.1. The quantitative estimate of drug-likeness (QED) is 0.636. The van der Waals surface area contributed by atoms with Crippen LogP contribution in [0.3, 0.4) is 0 Å². The van der Waals surface area contributed by atoms with Crippen LogP contribution < -0.4 is 10.6 Å². The number of hydrogen-bond acceptors (Lipinski definition) is 3. The van der Waals surface area contributed by atoms with E-state index in [1.807, 2.05) is 11.4 Å². The maximum Gasteiger partial charge on any atom is 0.244 e. The number of anilines is 1. The van der Waals surface area contributed by atoms with Crippen LogP contribution in [0.1, 0.15) is 11.1 Å². The van der Waals surface area contributed by atoms with Crippen molar-refractivity contribution in [1.29, 1.82) is 5.26 Å². The van der Waals surface area contributed by atoms with E-state index in [0.717, 1.165) is 12.1 Å². The van der Waals surface area contributed by atoms with Crippen LogP contribution in [0.2, 0.25) is 0 Å². The van der Waals surface area contributed by atoms with Gasteiger partial charge in [-0.1, -0.05) is 18.2 Å². The molecule has 0 aliphatic rings. The highest BCUT2D eigenvalue weighted by molar-refractivity contribution is 5.98. The third-order valence-corrected chi connectivity index (χ3v) is 3.23. The number of benzene rings is 2. The van der Waals surface area contributed by atoms with Gasteiger partial charge in [-0.2, -0.15) is 5.26 Å². The minimum absolute atomic E-state index is 0.378. The summed E-state index contributed by atoms with van der Waals surface area (Å²) in [6.45, 7) is -0.512. The van der Waals surface area contributed by atoms with Crippen molar-refractivity contribution >= 4 is 23.6 Å². The normalized spacial score (nSPS) is 10.4. The third kappa shape index (κ3) is 4.70. The summed E-state index contributed by atoms with van der Waals surface area (Å²) in [7, 11) is 0. The monoisotopic (exact) mass is 359 g/mol. The molecule has 0 radical (unpaired) electrons. The molecule has 0 atom stereocenters.